The quantitative estimate of drug-likeness (QED) is 0.280. The van der Waals surface area contributed by atoms with E-state index in [2.05, 4.69) is 49.9 Å². The van der Waals surface area contributed by atoms with E-state index in [0.717, 1.165) is 19.3 Å². The highest BCUT2D eigenvalue weighted by Gasteiger charge is 2.42. The van der Waals surface area contributed by atoms with Gasteiger partial charge >= 0.3 is 0 Å². The van der Waals surface area contributed by atoms with Crippen LogP contribution in [0.25, 0.3) is 0 Å². The largest absolute Gasteiger partial charge is 0.508 e. The Morgan fingerprint density at radius 2 is 2.11 bits per heavy atom. The number of rotatable bonds is 8. The van der Waals surface area contributed by atoms with Crippen molar-refractivity contribution >= 4 is 25.4 Å². The first kappa shape index (κ1) is 21.7. The number of fused-ring (bicyclic) bond motifs is 2. The minimum Gasteiger partial charge on any atom is -0.508 e. The zero-order valence-electron chi connectivity index (χ0n) is 16.7. The summed E-state index contributed by atoms with van der Waals surface area (Å²) in [7, 11) is 5.09. The molecule has 2 nitrogen and oxygen atoms in total. The van der Waals surface area contributed by atoms with Crippen LogP contribution in [0.4, 0.5) is 0 Å². The number of allylic oxidation sites excluding steroid dienone is 1. The molecule has 0 saturated heterocycles. The Morgan fingerprint density at radius 1 is 1.30 bits per heavy atom. The van der Waals surface area contributed by atoms with Gasteiger partial charge in [-0.1, -0.05) is 75.3 Å². The summed E-state index contributed by atoms with van der Waals surface area (Å²) in [5.41, 5.74) is 2.56. The van der Waals surface area contributed by atoms with Gasteiger partial charge in [0.05, 0.1) is 13.6 Å². The number of benzene rings is 1. The maximum Gasteiger partial charge on any atom is 0.119 e. The van der Waals surface area contributed by atoms with Crippen LogP contribution in [0.15, 0.2) is 30.4 Å². The minimum atomic E-state index is -0.495. The van der Waals surface area contributed by atoms with Crippen LogP contribution in [0.5, 0.6) is 5.75 Å². The van der Waals surface area contributed by atoms with Crippen LogP contribution in [0.3, 0.4) is 0 Å². The van der Waals surface area contributed by atoms with Crippen molar-refractivity contribution in [2.45, 2.75) is 64.9 Å². The second-order valence-corrected chi connectivity index (χ2v) is 14.2. The Hall–Kier alpha value is 0.01000. The van der Waals surface area contributed by atoms with Crippen LogP contribution in [-0.2, 0) is 17.4 Å². The molecule has 150 valence electrons. The highest BCUT2D eigenvalue weighted by Crippen LogP contribution is 2.55. The van der Waals surface area contributed by atoms with Gasteiger partial charge in [-0.25, -0.2) is 0 Å². The van der Waals surface area contributed by atoms with Gasteiger partial charge in [0.2, 0.25) is 0 Å². The number of hydrogen-bond donors (Lipinski definition) is 1. The summed E-state index contributed by atoms with van der Waals surface area (Å²) in [6.07, 6.45) is 13.4. The lowest BCUT2D eigenvalue weighted by atomic mass is 9.74. The van der Waals surface area contributed by atoms with Gasteiger partial charge in [-0.3, -0.25) is 0 Å². The number of hydrogen-bond acceptors (Lipinski definition) is 2. The summed E-state index contributed by atoms with van der Waals surface area (Å²) >= 11 is 0. The summed E-state index contributed by atoms with van der Waals surface area (Å²) < 4.78 is 6.17. The van der Waals surface area contributed by atoms with Gasteiger partial charge in [-0.15, -0.1) is 0 Å². The first-order valence-electron chi connectivity index (χ1n) is 10.4. The van der Waals surface area contributed by atoms with Crippen LogP contribution in [0, 0.1) is 23.7 Å². The van der Waals surface area contributed by atoms with Gasteiger partial charge in [0, 0.05) is 0 Å². The molecule has 1 saturated carbocycles. The predicted octanol–water partition coefficient (Wildman–Crippen LogP) is 6.88. The number of phenolic OH excluding ortho intramolecular Hbond substituents is 1. The third kappa shape index (κ3) is 5.54. The van der Waals surface area contributed by atoms with Crippen molar-refractivity contribution in [3.8, 4) is 5.75 Å². The lowest BCUT2D eigenvalue weighted by molar-refractivity contribution is 0.266. The second kappa shape index (κ2) is 10.2. The van der Waals surface area contributed by atoms with Gasteiger partial charge in [0.15, 0.2) is 0 Å². The molecule has 27 heavy (non-hydrogen) atoms. The first-order valence-corrected chi connectivity index (χ1v) is 14.9. The van der Waals surface area contributed by atoms with Crippen molar-refractivity contribution in [1.29, 1.82) is 0 Å². The van der Waals surface area contributed by atoms with Crippen molar-refractivity contribution in [3.05, 3.63) is 41.5 Å². The third-order valence-corrected chi connectivity index (χ3v) is 7.74. The van der Waals surface area contributed by atoms with Gasteiger partial charge in [0.25, 0.3) is 0 Å². The standard InChI is InChI=1S/C22H35O2P3/c1-3-4-5-8-18(24-27(25)26)10-11-19-15(2)12-17-14-21-16(13-20(17)19)7-6-9-22(21)23/h6-7,9-11,15,17-20,23H,3-5,8,12-14,25-26H2,1-2H3/b11-10+/t15-,17?,18+,19+,20?/m1/s1. The molecular weight excluding hydrogens is 389 g/mol. The molecule has 1 fully saturated rings. The van der Waals surface area contributed by atoms with Crippen molar-refractivity contribution in [3.63, 3.8) is 0 Å². The van der Waals surface area contributed by atoms with E-state index in [-0.39, 0.29) is 6.10 Å². The number of aromatic hydroxyl groups is 1. The predicted molar refractivity (Wildman–Crippen MR) is 124 cm³/mol. The van der Waals surface area contributed by atoms with Crippen molar-refractivity contribution in [2.75, 3.05) is 0 Å². The molecular formula is C22H35O2P3. The van der Waals surface area contributed by atoms with Crippen molar-refractivity contribution < 1.29 is 9.63 Å². The molecule has 3 rings (SSSR count). The molecule has 0 aliphatic heterocycles. The monoisotopic (exact) mass is 424 g/mol. The smallest absolute Gasteiger partial charge is 0.119 e. The molecule has 0 bridgehead atoms. The van der Waals surface area contributed by atoms with E-state index in [1.165, 1.54) is 36.8 Å². The molecule has 0 heterocycles. The van der Waals surface area contributed by atoms with E-state index in [0.29, 0.717) is 29.4 Å². The molecule has 1 aromatic rings. The van der Waals surface area contributed by atoms with Gasteiger partial charge < -0.3 is 9.63 Å². The summed E-state index contributed by atoms with van der Waals surface area (Å²) in [5, 5.41) is 10.2. The van der Waals surface area contributed by atoms with E-state index in [1.807, 2.05) is 12.1 Å². The summed E-state index contributed by atoms with van der Waals surface area (Å²) in [6.45, 7) is 4.66. The van der Waals surface area contributed by atoms with Crippen LogP contribution >= 0.6 is 25.4 Å². The Labute approximate surface area is 171 Å². The lowest BCUT2D eigenvalue weighted by Crippen LogP contribution is -2.25. The van der Waals surface area contributed by atoms with Crippen LogP contribution in [0.2, 0.25) is 0 Å². The van der Waals surface area contributed by atoms with Gasteiger partial charge in [0.1, 0.15) is 5.75 Å². The van der Waals surface area contributed by atoms with E-state index < -0.39 is 7.53 Å². The lowest BCUT2D eigenvalue weighted by Gasteiger charge is -2.31. The molecule has 1 N–H and O–H groups in total. The van der Waals surface area contributed by atoms with Crippen LogP contribution < -0.4 is 0 Å². The fourth-order valence-electron chi connectivity index (χ4n) is 5.17. The van der Waals surface area contributed by atoms with Crippen molar-refractivity contribution in [2.24, 2.45) is 23.7 Å². The van der Waals surface area contributed by atoms with E-state index in [1.54, 1.807) is 0 Å². The Bertz CT molecular complexity index is 646. The average Bonchev–Trinajstić information content (AvgIpc) is 2.92. The highest BCUT2D eigenvalue weighted by atomic mass is 32.4. The second-order valence-electron chi connectivity index (χ2n) is 8.42. The van der Waals surface area contributed by atoms with Crippen LogP contribution in [-0.4, -0.2) is 11.2 Å². The van der Waals surface area contributed by atoms with E-state index >= 15 is 0 Å². The summed E-state index contributed by atoms with van der Waals surface area (Å²) in [5.74, 6) is 3.24. The zero-order chi connectivity index (χ0) is 19.4. The molecule has 2 aliphatic carbocycles. The van der Waals surface area contributed by atoms with E-state index in [9.17, 15) is 5.11 Å². The fraction of sp³-hybridized carbons (Fsp3) is 0.636. The summed E-state index contributed by atoms with van der Waals surface area (Å²) in [6, 6.07) is 6.05. The maximum absolute atomic E-state index is 10.2. The molecule has 4 unspecified atom stereocenters. The molecule has 0 aromatic heterocycles. The van der Waals surface area contributed by atoms with Gasteiger partial charge in [-0.2, -0.15) is 0 Å². The highest BCUT2D eigenvalue weighted by molar-refractivity contribution is 8.41. The first-order chi connectivity index (χ1) is 13.0. The normalized spacial score (nSPS) is 28.5. The number of phenols is 1. The maximum atomic E-state index is 10.2. The molecule has 2 aliphatic rings. The molecule has 5 heteroatoms. The average molecular weight is 424 g/mol. The number of unbranched alkanes of at least 4 members (excludes halogenated alkanes) is 2. The fourth-order valence-corrected chi connectivity index (χ4v) is 6.59. The third-order valence-electron chi connectivity index (χ3n) is 6.50. The Morgan fingerprint density at radius 3 is 2.85 bits per heavy atom. The van der Waals surface area contributed by atoms with Crippen molar-refractivity contribution in [1.82, 2.24) is 0 Å². The molecule has 0 radical (unpaired) electrons. The van der Waals surface area contributed by atoms with Crippen LogP contribution in [0.1, 0.15) is 57.1 Å². The Kier molecular flexibility index (Phi) is 8.17. The molecule has 7 atom stereocenters. The van der Waals surface area contributed by atoms with E-state index in [4.69, 9.17) is 4.52 Å². The topological polar surface area (TPSA) is 29.5 Å². The van der Waals surface area contributed by atoms with Gasteiger partial charge in [-0.05, 0) is 66.5 Å². The molecule has 0 spiro atoms. The SMILES string of the molecule is CCCCC[C@@H](/C=C/[C@@H]1C2Cc3cccc(O)c3CC2C[C@H]1C)OP(P)P. The summed E-state index contributed by atoms with van der Waals surface area (Å²) in [4.78, 5) is 0. The minimum absolute atomic E-state index is 0.240. The molecule has 1 aromatic carbocycles. The Balaban J connectivity index is 1.70. The molecule has 0 amide bonds. The zero-order valence-corrected chi connectivity index (χ0v) is 19.9.